The van der Waals surface area contributed by atoms with Crippen LogP contribution in [0.3, 0.4) is 0 Å². The monoisotopic (exact) mass is 443 g/mol. The molecule has 0 fully saturated rings. The van der Waals surface area contributed by atoms with Gasteiger partial charge in [-0.05, 0) is 36.4 Å². The molecule has 2 aliphatic rings. The van der Waals surface area contributed by atoms with Crippen molar-refractivity contribution in [2.75, 3.05) is 19.0 Å². The first kappa shape index (κ1) is 21.0. The van der Waals surface area contributed by atoms with Crippen LogP contribution in [0.2, 0.25) is 0 Å². The molecular weight excluding hydrogens is 422 g/mol. The van der Waals surface area contributed by atoms with Gasteiger partial charge in [0.25, 0.3) is 0 Å². The van der Waals surface area contributed by atoms with E-state index in [0.29, 0.717) is 0 Å². The van der Waals surface area contributed by atoms with Crippen molar-refractivity contribution in [3.05, 3.63) is 102 Å². The number of para-hydroxylation sites is 2. The summed E-state index contributed by atoms with van der Waals surface area (Å²) in [7, 11) is 4.20. The Morgan fingerprint density at radius 2 is 1.48 bits per heavy atom. The van der Waals surface area contributed by atoms with Crippen LogP contribution in [0.4, 0.5) is 17.1 Å². The molecular formula is C26H22ClN3S. The molecule has 31 heavy (non-hydrogen) atoms. The summed E-state index contributed by atoms with van der Waals surface area (Å²) in [4.78, 5) is 8.28. The van der Waals surface area contributed by atoms with Crippen LogP contribution in [0.15, 0.2) is 97.1 Å². The number of halogens is 1. The zero-order chi connectivity index (χ0) is 20.5. The van der Waals surface area contributed by atoms with Gasteiger partial charge in [-0.2, -0.15) is 4.58 Å². The van der Waals surface area contributed by atoms with Crippen molar-refractivity contribution in [1.82, 2.24) is 9.56 Å². The maximum absolute atomic E-state index is 4.90. The first-order chi connectivity index (χ1) is 14.7. The Morgan fingerprint density at radius 3 is 2.23 bits per heavy atom. The highest BCUT2D eigenvalue weighted by Crippen LogP contribution is 2.33. The number of aromatic nitrogens is 1. The first-order valence-corrected chi connectivity index (χ1v) is 10.8. The lowest BCUT2D eigenvalue weighted by Crippen LogP contribution is -3.00. The van der Waals surface area contributed by atoms with Gasteiger partial charge < -0.3 is 17.3 Å². The van der Waals surface area contributed by atoms with Gasteiger partial charge in [-0.1, -0.05) is 36.4 Å². The van der Waals surface area contributed by atoms with E-state index in [-0.39, 0.29) is 12.4 Å². The Labute approximate surface area is 192 Å². The highest BCUT2D eigenvalue weighted by Gasteiger charge is 2.12. The summed E-state index contributed by atoms with van der Waals surface area (Å²) < 4.78 is 3.39. The van der Waals surface area contributed by atoms with E-state index < -0.39 is 0 Å². The quantitative estimate of drug-likeness (QED) is 0.315. The minimum Gasteiger partial charge on any atom is -1.00 e. The van der Waals surface area contributed by atoms with Crippen LogP contribution in [0, 0.1) is 0 Å². The summed E-state index contributed by atoms with van der Waals surface area (Å²) in [6, 6.07) is 33.8. The number of rotatable bonds is 3. The van der Waals surface area contributed by atoms with Crippen molar-refractivity contribution in [3.8, 4) is 10.6 Å². The average molecular weight is 444 g/mol. The van der Waals surface area contributed by atoms with Gasteiger partial charge in [-0.15, -0.1) is 11.3 Å². The fourth-order valence-corrected chi connectivity index (χ4v) is 4.65. The minimum atomic E-state index is 0. The second-order valence-electron chi connectivity index (χ2n) is 7.31. The Kier molecular flexibility index (Phi) is 6.03. The van der Waals surface area contributed by atoms with Gasteiger partial charge in [-0.3, -0.25) is 0 Å². The second-order valence-corrected chi connectivity index (χ2v) is 8.39. The van der Waals surface area contributed by atoms with Crippen molar-refractivity contribution in [2.45, 2.75) is 0 Å². The van der Waals surface area contributed by atoms with Crippen molar-refractivity contribution in [2.24, 2.45) is 0 Å². The van der Waals surface area contributed by atoms with E-state index in [0.717, 1.165) is 22.3 Å². The van der Waals surface area contributed by atoms with Crippen LogP contribution >= 0.6 is 11.3 Å². The van der Waals surface area contributed by atoms with Crippen LogP contribution < -0.4 is 27.2 Å². The summed E-state index contributed by atoms with van der Waals surface area (Å²) in [6.45, 7) is 0. The normalized spacial score (nSPS) is 11.8. The van der Waals surface area contributed by atoms with E-state index in [1.54, 1.807) is 11.3 Å². The predicted molar refractivity (Wildman–Crippen MR) is 128 cm³/mol. The van der Waals surface area contributed by atoms with Gasteiger partial charge in [0.05, 0.1) is 20.8 Å². The van der Waals surface area contributed by atoms with E-state index in [1.807, 2.05) is 12.1 Å². The number of benzene rings is 4. The van der Waals surface area contributed by atoms with E-state index in [1.165, 1.54) is 21.0 Å². The van der Waals surface area contributed by atoms with Crippen LogP contribution in [0.5, 0.6) is 0 Å². The fraction of sp³-hybridized carbons (Fsp3) is 0.0769. The zero-order valence-electron chi connectivity index (χ0n) is 17.4. The molecule has 0 atom stereocenters. The van der Waals surface area contributed by atoms with Crippen molar-refractivity contribution in [1.29, 1.82) is 0 Å². The molecule has 0 radical (unpaired) electrons. The standard InChI is InChI=1S/C26H22N3S.ClH/c1-28(19-9-5-3-6-10-19)21-13-15-23-25(17-21)30-26-18-22(14-16-24(26)27-23)29(2)20-11-7-4-8-12-20;/h3-18H,1-2H3;1H/q+1;/p-1. The Hall–Kier alpha value is -3.21. The van der Waals surface area contributed by atoms with Gasteiger partial charge in [0.2, 0.25) is 11.0 Å². The lowest BCUT2D eigenvalue weighted by atomic mass is 10.2. The summed E-state index contributed by atoms with van der Waals surface area (Å²) in [5.41, 5.74) is 5.55. The van der Waals surface area contributed by atoms with Crippen molar-refractivity contribution >= 4 is 38.6 Å². The SMILES string of the molecule is CN(c1ccccc1)c1ccc2nc3ccc(=[N+](C)c4ccccc4)cc-3sc2c1.[Cl-]. The maximum Gasteiger partial charge on any atom is 0.206 e. The van der Waals surface area contributed by atoms with Crippen LogP contribution in [-0.4, -0.2) is 19.1 Å². The molecule has 0 unspecified atom stereocenters. The molecule has 0 bridgehead atoms. The molecule has 0 saturated heterocycles. The first-order valence-electron chi connectivity index (χ1n) is 9.94. The smallest absolute Gasteiger partial charge is 0.206 e. The number of fused-ring (bicyclic) bond motifs is 2. The molecule has 0 saturated carbocycles. The Morgan fingerprint density at radius 1 is 0.774 bits per heavy atom. The molecule has 3 nitrogen and oxygen atoms in total. The van der Waals surface area contributed by atoms with Gasteiger partial charge in [0.15, 0.2) is 0 Å². The lowest BCUT2D eigenvalue weighted by molar-refractivity contribution is -0.00000584. The summed E-state index contributed by atoms with van der Waals surface area (Å²) in [5, 5.41) is 1.16. The van der Waals surface area contributed by atoms with Crippen LogP contribution in [-0.2, 0) is 0 Å². The van der Waals surface area contributed by atoms with Crippen molar-refractivity contribution < 1.29 is 12.4 Å². The molecule has 5 rings (SSSR count). The minimum absolute atomic E-state index is 0. The van der Waals surface area contributed by atoms with E-state index in [4.69, 9.17) is 4.98 Å². The third-order valence-electron chi connectivity index (χ3n) is 5.41. The molecule has 1 heterocycles. The van der Waals surface area contributed by atoms with E-state index >= 15 is 0 Å². The third-order valence-corrected chi connectivity index (χ3v) is 6.50. The zero-order valence-corrected chi connectivity index (χ0v) is 18.9. The summed E-state index contributed by atoms with van der Waals surface area (Å²) >= 11 is 1.79. The number of anilines is 2. The Bertz CT molecular complexity index is 1360. The highest BCUT2D eigenvalue weighted by atomic mass is 35.5. The molecule has 1 aliphatic carbocycles. The Balaban J connectivity index is 0.00000231. The van der Waals surface area contributed by atoms with Gasteiger partial charge in [0, 0.05) is 42.7 Å². The van der Waals surface area contributed by atoms with Gasteiger partial charge in [0.1, 0.15) is 7.05 Å². The molecule has 5 heteroatoms. The van der Waals surface area contributed by atoms with E-state index in [9.17, 15) is 0 Å². The molecule has 0 spiro atoms. The number of nitrogens with zero attached hydrogens (tertiary/aromatic N) is 3. The second kappa shape index (κ2) is 8.88. The van der Waals surface area contributed by atoms with Crippen molar-refractivity contribution in [3.63, 3.8) is 0 Å². The van der Waals surface area contributed by atoms with E-state index in [2.05, 4.69) is 108 Å². The van der Waals surface area contributed by atoms with Gasteiger partial charge in [-0.25, -0.2) is 4.98 Å². The predicted octanol–water partition coefficient (Wildman–Crippen LogP) is 2.91. The third kappa shape index (κ3) is 4.18. The molecule has 154 valence electrons. The molecule has 3 aromatic carbocycles. The molecule has 0 N–H and O–H groups in total. The summed E-state index contributed by atoms with van der Waals surface area (Å²) in [5.74, 6) is 0. The maximum atomic E-state index is 4.90. The highest BCUT2D eigenvalue weighted by molar-refractivity contribution is 7.21. The number of hydrogen-bond donors (Lipinski definition) is 0. The summed E-state index contributed by atoms with van der Waals surface area (Å²) in [6.07, 6.45) is 0. The topological polar surface area (TPSA) is 19.1 Å². The molecule has 3 aromatic rings. The van der Waals surface area contributed by atoms with Crippen LogP contribution in [0.25, 0.3) is 20.8 Å². The molecule has 0 aromatic heterocycles. The average Bonchev–Trinajstić information content (AvgIpc) is 2.82. The van der Waals surface area contributed by atoms with Gasteiger partial charge >= 0.3 is 0 Å². The number of hydrogen-bond acceptors (Lipinski definition) is 3. The molecule has 0 amide bonds. The van der Waals surface area contributed by atoms with Crippen LogP contribution in [0.1, 0.15) is 0 Å². The fourth-order valence-electron chi connectivity index (χ4n) is 3.62. The molecule has 1 aliphatic heterocycles. The lowest BCUT2D eigenvalue weighted by Gasteiger charge is -2.20. The largest absolute Gasteiger partial charge is 1.00 e.